The smallest absolute Gasteiger partial charge is 0.239 e. The molecule has 1 saturated heterocycles. The third-order valence-electron chi connectivity index (χ3n) is 2.85. The SMILES string of the molecule is CSCC[C@@H](N)C(=O)N1CCC(C(N)=O)C1. The molecule has 16 heavy (non-hydrogen) atoms. The van der Waals surface area contributed by atoms with Gasteiger partial charge in [-0.05, 0) is 24.9 Å². The van der Waals surface area contributed by atoms with Crippen molar-refractivity contribution < 1.29 is 9.59 Å². The first kappa shape index (κ1) is 13.3. The lowest BCUT2D eigenvalue weighted by molar-refractivity contribution is -0.131. The van der Waals surface area contributed by atoms with E-state index >= 15 is 0 Å². The van der Waals surface area contributed by atoms with E-state index in [9.17, 15) is 9.59 Å². The molecule has 5 nitrogen and oxygen atoms in total. The molecule has 0 spiro atoms. The average molecular weight is 245 g/mol. The predicted molar refractivity (Wildman–Crippen MR) is 64.9 cm³/mol. The van der Waals surface area contributed by atoms with Crippen molar-refractivity contribution in [2.24, 2.45) is 17.4 Å². The average Bonchev–Trinajstić information content (AvgIpc) is 2.74. The van der Waals surface area contributed by atoms with Crippen LogP contribution in [0.25, 0.3) is 0 Å². The van der Waals surface area contributed by atoms with Gasteiger partial charge in [0.15, 0.2) is 0 Å². The number of likely N-dealkylation sites (tertiary alicyclic amines) is 1. The lowest BCUT2D eigenvalue weighted by Gasteiger charge is -2.20. The molecule has 2 atom stereocenters. The molecule has 0 aromatic carbocycles. The van der Waals surface area contributed by atoms with Gasteiger partial charge in [0.25, 0.3) is 0 Å². The Balaban J connectivity index is 2.41. The van der Waals surface area contributed by atoms with Gasteiger partial charge in [0.1, 0.15) is 0 Å². The van der Waals surface area contributed by atoms with Gasteiger partial charge in [0, 0.05) is 13.1 Å². The van der Waals surface area contributed by atoms with Crippen LogP contribution in [-0.4, -0.2) is 47.9 Å². The van der Waals surface area contributed by atoms with Gasteiger partial charge in [-0.25, -0.2) is 0 Å². The van der Waals surface area contributed by atoms with Gasteiger partial charge in [0.05, 0.1) is 12.0 Å². The zero-order chi connectivity index (χ0) is 12.1. The molecule has 0 aliphatic carbocycles. The summed E-state index contributed by atoms with van der Waals surface area (Å²) in [6, 6.07) is -0.445. The summed E-state index contributed by atoms with van der Waals surface area (Å²) in [5.41, 5.74) is 11.0. The van der Waals surface area contributed by atoms with Crippen molar-refractivity contribution in [1.29, 1.82) is 0 Å². The van der Waals surface area contributed by atoms with Gasteiger partial charge in [-0.3, -0.25) is 9.59 Å². The third kappa shape index (κ3) is 3.38. The van der Waals surface area contributed by atoms with E-state index in [-0.39, 0.29) is 17.7 Å². The second-order valence-corrected chi connectivity index (χ2v) is 5.05. The number of carbonyl (C=O) groups is 2. The van der Waals surface area contributed by atoms with Crippen LogP contribution < -0.4 is 11.5 Å². The zero-order valence-electron chi connectivity index (χ0n) is 9.52. The van der Waals surface area contributed by atoms with E-state index in [2.05, 4.69) is 0 Å². The maximum Gasteiger partial charge on any atom is 0.239 e. The van der Waals surface area contributed by atoms with Crippen molar-refractivity contribution in [2.75, 3.05) is 25.1 Å². The van der Waals surface area contributed by atoms with E-state index < -0.39 is 6.04 Å². The second kappa shape index (κ2) is 6.10. The highest BCUT2D eigenvalue weighted by Gasteiger charge is 2.31. The lowest BCUT2D eigenvalue weighted by Crippen LogP contribution is -2.43. The fraction of sp³-hybridized carbons (Fsp3) is 0.800. The maximum atomic E-state index is 11.9. The standard InChI is InChI=1S/C10H19N3O2S/c1-16-5-3-8(11)10(15)13-4-2-7(6-13)9(12)14/h7-8H,2-6,11H2,1H3,(H2,12,14)/t7?,8-/m1/s1. The molecule has 1 unspecified atom stereocenters. The Kier molecular flexibility index (Phi) is 5.08. The van der Waals surface area contributed by atoms with Gasteiger partial charge in [0.2, 0.25) is 11.8 Å². The van der Waals surface area contributed by atoms with E-state index in [0.29, 0.717) is 25.9 Å². The Morgan fingerprint density at radius 1 is 1.56 bits per heavy atom. The molecular formula is C10H19N3O2S. The number of primary amides is 1. The third-order valence-corrected chi connectivity index (χ3v) is 3.50. The monoisotopic (exact) mass is 245 g/mol. The molecule has 6 heteroatoms. The predicted octanol–water partition coefficient (Wildman–Crippen LogP) is -0.599. The minimum atomic E-state index is -0.445. The number of hydrogen-bond donors (Lipinski definition) is 2. The van der Waals surface area contributed by atoms with Gasteiger partial charge < -0.3 is 16.4 Å². The highest BCUT2D eigenvalue weighted by molar-refractivity contribution is 7.98. The zero-order valence-corrected chi connectivity index (χ0v) is 10.3. The normalized spacial score (nSPS) is 22.1. The Bertz CT molecular complexity index is 273. The number of carbonyl (C=O) groups excluding carboxylic acids is 2. The molecule has 2 amide bonds. The largest absolute Gasteiger partial charge is 0.369 e. The first-order chi connectivity index (χ1) is 7.56. The number of nitrogens with two attached hydrogens (primary N) is 2. The van der Waals surface area contributed by atoms with Gasteiger partial charge in [-0.1, -0.05) is 0 Å². The summed E-state index contributed by atoms with van der Waals surface area (Å²) < 4.78 is 0. The van der Waals surface area contributed by atoms with E-state index in [1.54, 1.807) is 16.7 Å². The summed E-state index contributed by atoms with van der Waals surface area (Å²) in [6.45, 7) is 1.03. The molecule has 0 radical (unpaired) electrons. The van der Waals surface area contributed by atoms with Crippen LogP contribution in [-0.2, 0) is 9.59 Å². The first-order valence-electron chi connectivity index (χ1n) is 5.39. The molecule has 1 fully saturated rings. The Morgan fingerprint density at radius 3 is 2.75 bits per heavy atom. The number of nitrogens with zero attached hydrogens (tertiary/aromatic N) is 1. The summed E-state index contributed by atoms with van der Waals surface area (Å²) in [6.07, 6.45) is 3.32. The van der Waals surface area contributed by atoms with Crippen LogP contribution in [0.15, 0.2) is 0 Å². The van der Waals surface area contributed by atoms with E-state index in [0.717, 1.165) is 5.75 Å². The van der Waals surface area contributed by atoms with Crippen molar-refractivity contribution in [2.45, 2.75) is 18.9 Å². The number of hydrogen-bond acceptors (Lipinski definition) is 4. The molecule has 1 aliphatic rings. The second-order valence-electron chi connectivity index (χ2n) is 4.06. The van der Waals surface area contributed by atoms with Gasteiger partial charge in [-0.2, -0.15) is 11.8 Å². The van der Waals surface area contributed by atoms with E-state index in [1.165, 1.54) is 0 Å². The fourth-order valence-electron chi connectivity index (χ4n) is 1.80. The van der Waals surface area contributed by atoms with E-state index in [1.807, 2.05) is 6.26 Å². The van der Waals surface area contributed by atoms with Crippen molar-refractivity contribution >= 4 is 23.6 Å². The van der Waals surface area contributed by atoms with Gasteiger partial charge in [-0.15, -0.1) is 0 Å². The van der Waals surface area contributed by atoms with Crippen molar-refractivity contribution in [1.82, 2.24) is 4.90 Å². The quantitative estimate of drug-likeness (QED) is 0.677. The van der Waals surface area contributed by atoms with Crippen LogP contribution in [0.1, 0.15) is 12.8 Å². The molecule has 0 saturated carbocycles. The maximum absolute atomic E-state index is 11.9. The summed E-state index contributed by atoms with van der Waals surface area (Å²) in [7, 11) is 0. The molecule has 1 heterocycles. The molecular weight excluding hydrogens is 226 g/mol. The Labute approximate surface area is 99.9 Å². The van der Waals surface area contributed by atoms with Crippen LogP contribution in [0.5, 0.6) is 0 Å². The number of thioether (sulfide) groups is 1. The van der Waals surface area contributed by atoms with Crippen LogP contribution in [0, 0.1) is 5.92 Å². The molecule has 1 rings (SSSR count). The first-order valence-corrected chi connectivity index (χ1v) is 6.78. The Morgan fingerprint density at radius 2 is 2.25 bits per heavy atom. The van der Waals surface area contributed by atoms with Gasteiger partial charge >= 0.3 is 0 Å². The molecule has 4 N–H and O–H groups in total. The summed E-state index contributed by atoms with van der Waals surface area (Å²) in [5, 5.41) is 0. The molecule has 1 aliphatic heterocycles. The minimum Gasteiger partial charge on any atom is -0.369 e. The minimum absolute atomic E-state index is 0.0576. The van der Waals surface area contributed by atoms with Crippen molar-refractivity contribution in [3.63, 3.8) is 0 Å². The highest BCUT2D eigenvalue weighted by atomic mass is 32.2. The lowest BCUT2D eigenvalue weighted by atomic mass is 10.1. The molecule has 92 valence electrons. The van der Waals surface area contributed by atoms with Crippen LogP contribution in [0.3, 0.4) is 0 Å². The van der Waals surface area contributed by atoms with Crippen molar-refractivity contribution in [3.05, 3.63) is 0 Å². The Hall–Kier alpha value is -0.750. The topological polar surface area (TPSA) is 89.4 Å². The number of rotatable bonds is 5. The summed E-state index contributed by atoms with van der Waals surface area (Å²) in [5.74, 6) is 0.294. The molecule has 0 aromatic heterocycles. The summed E-state index contributed by atoms with van der Waals surface area (Å²) >= 11 is 1.67. The van der Waals surface area contributed by atoms with E-state index in [4.69, 9.17) is 11.5 Å². The van der Waals surface area contributed by atoms with Crippen LogP contribution in [0.4, 0.5) is 0 Å². The highest BCUT2D eigenvalue weighted by Crippen LogP contribution is 2.17. The number of amides is 2. The van der Waals surface area contributed by atoms with Crippen LogP contribution in [0.2, 0.25) is 0 Å². The van der Waals surface area contributed by atoms with Crippen molar-refractivity contribution in [3.8, 4) is 0 Å². The molecule has 0 aromatic rings. The fourth-order valence-corrected chi connectivity index (χ4v) is 2.29. The van der Waals surface area contributed by atoms with Crippen LogP contribution >= 0.6 is 11.8 Å². The molecule has 0 bridgehead atoms. The summed E-state index contributed by atoms with van der Waals surface area (Å²) in [4.78, 5) is 24.5.